The quantitative estimate of drug-likeness (QED) is 0.621. The van der Waals surface area contributed by atoms with E-state index in [-0.39, 0.29) is 0 Å². The summed E-state index contributed by atoms with van der Waals surface area (Å²) >= 11 is 2.07. The van der Waals surface area contributed by atoms with E-state index in [0.29, 0.717) is 6.04 Å². The first-order chi connectivity index (χ1) is 9.81. The molecule has 0 aliphatic heterocycles. The third-order valence-corrected chi connectivity index (χ3v) is 5.45. The standard InChI is InChI=1S/C18H29NS/c1-3-7-15(8-4-2)19-16-11-13-18(14-12-16)20-17-9-5-6-10-17/h11-15,17,19H,3-10H2,1-2H3. The van der Waals surface area contributed by atoms with E-state index in [2.05, 4.69) is 55.2 Å². The lowest BCUT2D eigenvalue weighted by molar-refractivity contribution is 0.586. The average Bonchev–Trinajstić information content (AvgIpc) is 2.94. The molecule has 1 aliphatic carbocycles. The van der Waals surface area contributed by atoms with Gasteiger partial charge in [-0.15, -0.1) is 11.8 Å². The lowest BCUT2D eigenvalue weighted by Gasteiger charge is -2.19. The van der Waals surface area contributed by atoms with Crippen molar-refractivity contribution in [3.63, 3.8) is 0 Å². The van der Waals surface area contributed by atoms with Crippen LogP contribution in [0.1, 0.15) is 65.2 Å². The number of hydrogen-bond acceptors (Lipinski definition) is 2. The van der Waals surface area contributed by atoms with E-state index in [1.165, 1.54) is 61.9 Å². The fourth-order valence-electron chi connectivity index (χ4n) is 3.05. The van der Waals surface area contributed by atoms with Gasteiger partial charge in [0.1, 0.15) is 0 Å². The van der Waals surface area contributed by atoms with Gasteiger partial charge in [-0.2, -0.15) is 0 Å². The molecule has 1 nitrogen and oxygen atoms in total. The Hall–Kier alpha value is -0.630. The highest BCUT2D eigenvalue weighted by atomic mass is 32.2. The summed E-state index contributed by atoms with van der Waals surface area (Å²) in [5.41, 5.74) is 1.28. The first-order valence-corrected chi connectivity index (χ1v) is 9.23. The van der Waals surface area contributed by atoms with Crippen molar-refractivity contribution < 1.29 is 0 Å². The summed E-state index contributed by atoms with van der Waals surface area (Å²) in [6.07, 6.45) is 10.7. The van der Waals surface area contributed by atoms with Gasteiger partial charge in [-0.3, -0.25) is 0 Å². The van der Waals surface area contributed by atoms with E-state index in [1.54, 1.807) is 0 Å². The van der Waals surface area contributed by atoms with E-state index in [0.717, 1.165) is 5.25 Å². The monoisotopic (exact) mass is 291 g/mol. The molecule has 0 bridgehead atoms. The van der Waals surface area contributed by atoms with Crippen LogP contribution in [0.15, 0.2) is 29.2 Å². The lowest BCUT2D eigenvalue weighted by Crippen LogP contribution is -2.18. The van der Waals surface area contributed by atoms with E-state index >= 15 is 0 Å². The van der Waals surface area contributed by atoms with Crippen LogP contribution in [0.4, 0.5) is 5.69 Å². The number of rotatable bonds is 8. The van der Waals surface area contributed by atoms with Gasteiger partial charge in [0.15, 0.2) is 0 Å². The van der Waals surface area contributed by atoms with E-state index in [9.17, 15) is 0 Å². The molecule has 1 aromatic carbocycles. The largest absolute Gasteiger partial charge is 0.382 e. The van der Waals surface area contributed by atoms with Crippen molar-refractivity contribution in [2.24, 2.45) is 0 Å². The summed E-state index contributed by atoms with van der Waals surface area (Å²) < 4.78 is 0. The molecule has 0 aromatic heterocycles. The van der Waals surface area contributed by atoms with Gasteiger partial charge in [0, 0.05) is 21.9 Å². The third kappa shape index (κ3) is 5.05. The SMILES string of the molecule is CCCC(CCC)Nc1ccc(SC2CCCC2)cc1. The first kappa shape index (κ1) is 15.8. The number of nitrogens with one attached hydrogen (secondary N) is 1. The molecule has 0 radical (unpaired) electrons. The Morgan fingerprint density at radius 3 is 2.20 bits per heavy atom. The summed E-state index contributed by atoms with van der Waals surface area (Å²) in [7, 11) is 0. The van der Waals surface area contributed by atoms with Crippen LogP contribution in [0.25, 0.3) is 0 Å². The second-order valence-electron chi connectivity index (χ2n) is 5.97. The minimum atomic E-state index is 0.637. The summed E-state index contributed by atoms with van der Waals surface area (Å²) in [5.74, 6) is 0. The van der Waals surface area contributed by atoms with E-state index in [1.807, 2.05) is 0 Å². The Kier molecular flexibility index (Phi) is 6.78. The van der Waals surface area contributed by atoms with Crippen LogP contribution >= 0.6 is 11.8 Å². The molecule has 1 aromatic rings. The number of thioether (sulfide) groups is 1. The van der Waals surface area contributed by atoms with Crippen LogP contribution in [0.5, 0.6) is 0 Å². The van der Waals surface area contributed by atoms with Gasteiger partial charge in [-0.1, -0.05) is 39.5 Å². The molecule has 2 heteroatoms. The van der Waals surface area contributed by atoms with Crippen molar-refractivity contribution >= 4 is 17.4 Å². The van der Waals surface area contributed by atoms with Gasteiger partial charge in [0.05, 0.1) is 0 Å². The maximum atomic E-state index is 3.69. The molecule has 20 heavy (non-hydrogen) atoms. The van der Waals surface area contributed by atoms with Crippen molar-refractivity contribution in [2.45, 2.75) is 81.4 Å². The van der Waals surface area contributed by atoms with Crippen LogP contribution in [0.3, 0.4) is 0 Å². The van der Waals surface area contributed by atoms with Gasteiger partial charge in [-0.25, -0.2) is 0 Å². The Labute approximate surface area is 128 Å². The van der Waals surface area contributed by atoms with Crippen LogP contribution in [0.2, 0.25) is 0 Å². The molecule has 0 spiro atoms. The zero-order valence-electron chi connectivity index (χ0n) is 13.0. The fourth-order valence-corrected chi connectivity index (χ4v) is 4.30. The van der Waals surface area contributed by atoms with Crippen molar-refractivity contribution in [2.75, 3.05) is 5.32 Å². The highest BCUT2D eigenvalue weighted by Crippen LogP contribution is 2.35. The first-order valence-electron chi connectivity index (χ1n) is 8.35. The van der Waals surface area contributed by atoms with Gasteiger partial charge < -0.3 is 5.32 Å². The van der Waals surface area contributed by atoms with Gasteiger partial charge >= 0.3 is 0 Å². The van der Waals surface area contributed by atoms with Crippen molar-refractivity contribution in [3.8, 4) is 0 Å². The molecular formula is C18H29NS. The molecule has 0 unspecified atom stereocenters. The summed E-state index contributed by atoms with van der Waals surface area (Å²) in [6.45, 7) is 4.54. The molecule has 1 aliphatic rings. The van der Waals surface area contributed by atoms with Gasteiger partial charge in [0.2, 0.25) is 0 Å². The second-order valence-corrected chi connectivity index (χ2v) is 7.34. The maximum absolute atomic E-state index is 3.69. The van der Waals surface area contributed by atoms with Gasteiger partial charge in [0.25, 0.3) is 0 Å². The minimum absolute atomic E-state index is 0.637. The second kappa shape index (κ2) is 8.61. The minimum Gasteiger partial charge on any atom is -0.382 e. The topological polar surface area (TPSA) is 12.0 Å². The average molecular weight is 292 g/mol. The van der Waals surface area contributed by atoms with Crippen LogP contribution < -0.4 is 5.32 Å². The number of anilines is 1. The highest BCUT2D eigenvalue weighted by molar-refractivity contribution is 8.00. The zero-order valence-corrected chi connectivity index (χ0v) is 13.8. The summed E-state index contributed by atoms with van der Waals surface area (Å²) in [4.78, 5) is 1.44. The molecule has 0 atom stereocenters. The van der Waals surface area contributed by atoms with Gasteiger partial charge in [-0.05, 0) is 49.9 Å². The Morgan fingerprint density at radius 1 is 1.05 bits per heavy atom. The molecule has 1 N–H and O–H groups in total. The molecule has 0 amide bonds. The van der Waals surface area contributed by atoms with Crippen molar-refractivity contribution in [3.05, 3.63) is 24.3 Å². The van der Waals surface area contributed by atoms with Crippen LogP contribution in [-0.4, -0.2) is 11.3 Å². The fraction of sp³-hybridized carbons (Fsp3) is 0.667. The molecule has 1 fully saturated rings. The summed E-state index contributed by atoms with van der Waals surface area (Å²) in [6, 6.07) is 9.74. The third-order valence-electron chi connectivity index (χ3n) is 4.10. The molecule has 2 rings (SSSR count). The molecule has 0 saturated heterocycles. The smallest absolute Gasteiger partial charge is 0.0343 e. The van der Waals surface area contributed by atoms with E-state index < -0.39 is 0 Å². The number of hydrogen-bond donors (Lipinski definition) is 1. The van der Waals surface area contributed by atoms with Crippen LogP contribution in [0, 0.1) is 0 Å². The normalized spacial score (nSPS) is 15.9. The van der Waals surface area contributed by atoms with Crippen molar-refractivity contribution in [1.82, 2.24) is 0 Å². The molecular weight excluding hydrogens is 262 g/mol. The molecule has 1 saturated carbocycles. The number of benzene rings is 1. The summed E-state index contributed by atoms with van der Waals surface area (Å²) in [5, 5.41) is 4.56. The van der Waals surface area contributed by atoms with Crippen molar-refractivity contribution in [1.29, 1.82) is 0 Å². The predicted octanol–water partition coefficient (Wildman–Crippen LogP) is 6.10. The highest BCUT2D eigenvalue weighted by Gasteiger charge is 2.16. The van der Waals surface area contributed by atoms with E-state index in [4.69, 9.17) is 0 Å². The Morgan fingerprint density at radius 2 is 1.65 bits per heavy atom. The predicted molar refractivity (Wildman–Crippen MR) is 91.8 cm³/mol. The zero-order chi connectivity index (χ0) is 14.2. The molecule has 0 heterocycles. The molecule has 112 valence electrons. The van der Waals surface area contributed by atoms with Crippen LogP contribution in [-0.2, 0) is 0 Å². The Balaban J connectivity index is 1.86. The maximum Gasteiger partial charge on any atom is 0.0343 e. The lowest BCUT2D eigenvalue weighted by atomic mass is 10.1. The Bertz CT molecular complexity index is 362.